The van der Waals surface area contributed by atoms with Crippen LogP contribution in [0.5, 0.6) is 0 Å². The zero-order valence-electron chi connectivity index (χ0n) is 15.1. The Morgan fingerprint density at radius 2 is 1.92 bits per heavy atom. The number of likely N-dealkylation sites (tertiary alicyclic amines) is 1. The van der Waals surface area contributed by atoms with Crippen molar-refractivity contribution in [1.82, 2.24) is 25.2 Å². The van der Waals surface area contributed by atoms with Crippen molar-refractivity contribution in [3.8, 4) is 0 Å². The molecule has 2 aromatic rings. The predicted octanol–water partition coefficient (Wildman–Crippen LogP) is 0.154. The Kier molecular flexibility index (Phi) is 4.58. The quantitative estimate of drug-likeness (QED) is 0.736. The molecule has 1 atom stereocenters. The molecule has 0 N–H and O–H groups in total. The van der Waals surface area contributed by atoms with E-state index in [1.807, 2.05) is 18.9 Å². The summed E-state index contributed by atoms with van der Waals surface area (Å²) in [7, 11) is 1.98. The summed E-state index contributed by atoms with van der Waals surface area (Å²) in [5.41, 5.74) is 0.790. The molecule has 10 heteroatoms. The molecule has 2 aliphatic rings. The van der Waals surface area contributed by atoms with Gasteiger partial charge in [0.2, 0.25) is 17.2 Å². The fraction of sp³-hybridized carbons (Fsp3) is 0.688. The summed E-state index contributed by atoms with van der Waals surface area (Å²) in [4.78, 5) is 27.4. The van der Waals surface area contributed by atoms with Gasteiger partial charge in [-0.3, -0.25) is 4.79 Å². The number of nitrogens with zero attached hydrogens (tertiary/aromatic N) is 7. The van der Waals surface area contributed by atoms with Crippen molar-refractivity contribution < 1.29 is 14.2 Å². The standard InChI is InChI=1S/C16H23N7O3/c1-3-22-10-11(8-12(22)24)9-21(2)15-16(23-4-6-25-7-5-23)18-14-13(17-15)19-26-20-14/h11H,3-10H2,1-2H3. The van der Waals surface area contributed by atoms with Gasteiger partial charge in [-0.1, -0.05) is 0 Å². The molecule has 0 radical (unpaired) electrons. The molecule has 0 bridgehead atoms. The maximum absolute atomic E-state index is 12.0. The third-order valence-corrected chi connectivity index (χ3v) is 4.96. The molecule has 0 aliphatic carbocycles. The number of carbonyl (C=O) groups excluding carboxylic acids is 1. The zero-order chi connectivity index (χ0) is 18.1. The minimum Gasteiger partial charge on any atom is -0.378 e. The molecule has 2 saturated heterocycles. The molecule has 26 heavy (non-hydrogen) atoms. The van der Waals surface area contributed by atoms with Crippen LogP contribution in [0.15, 0.2) is 4.63 Å². The minimum absolute atomic E-state index is 0.224. The first kappa shape index (κ1) is 17.0. The molecule has 2 aromatic heterocycles. The van der Waals surface area contributed by atoms with Crippen LogP contribution in [0.3, 0.4) is 0 Å². The van der Waals surface area contributed by atoms with E-state index in [-0.39, 0.29) is 11.8 Å². The van der Waals surface area contributed by atoms with E-state index in [9.17, 15) is 4.79 Å². The molecular formula is C16H23N7O3. The maximum Gasteiger partial charge on any atom is 0.245 e. The smallest absolute Gasteiger partial charge is 0.245 e. The highest BCUT2D eigenvalue weighted by Crippen LogP contribution is 2.29. The molecule has 140 valence electrons. The lowest BCUT2D eigenvalue weighted by atomic mass is 10.1. The van der Waals surface area contributed by atoms with Crippen molar-refractivity contribution in [3.05, 3.63) is 0 Å². The number of hydrogen-bond acceptors (Lipinski definition) is 9. The summed E-state index contributed by atoms with van der Waals surface area (Å²) >= 11 is 0. The second-order valence-electron chi connectivity index (χ2n) is 6.76. The number of ether oxygens (including phenoxy) is 1. The summed E-state index contributed by atoms with van der Waals surface area (Å²) in [5.74, 6) is 1.99. The molecular weight excluding hydrogens is 338 g/mol. The largest absolute Gasteiger partial charge is 0.378 e. The number of anilines is 2. The van der Waals surface area contributed by atoms with Crippen LogP contribution in [0, 0.1) is 5.92 Å². The van der Waals surface area contributed by atoms with E-state index in [0.29, 0.717) is 30.9 Å². The Balaban J connectivity index is 1.60. The number of hydrogen-bond donors (Lipinski definition) is 0. The van der Waals surface area contributed by atoms with Gasteiger partial charge in [0.1, 0.15) is 0 Å². The molecule has 0 spiro atoms. The normalized spacial score (nSPS) is 21.0. The maximum atomic E-state index is 12.0. The van der Waals surface area contributed by atoms with Crippen LogP contribution in [-0.4, -0.2) is 84.1 Å². The fourth-order valence-electron chi connectivity index (χ4n) is 3.62. The highest BCUT2D eigenvalue weighted by Gasteiger charge is 2.31. The van der Waals surface area contributed by atoms with Crippen LogP contribution in [-0.2, 0) is 9.53 Å². The minimum atomic E-state index is 0.224. The molecule has 1 amide bonds. The summed E-state index contributed by atoms with van der Waals surface area (Å²) in [5, 5.41) is 7.65. The van der Waals surface area contributed by atoms with E-state index in [1.165, 1.54) is 0 Å². The van der Waals surface area contributed by atoms with Gasteiger partial charge in [-0.25, -0.2) is 14.6 Å². The van der Waals surface area contributed by atoms with Gasteiger partial charge < -0.3 is 19.4 Å². The second-order valence-corrected chi connectivity index (χ2v) is 6.76. The summed E-state index contributed by atoms with van der Waals surface area (Å²) in [6.45, 7) is 7.09. The van der Waals surface area contributed by atoms with Crippen molar-refractivity contribution in [2.24, 2.45) is 5.92 Å². The van der Waals surface area contributed by atoms with Gasteiger partial charge >= 0.3 is 0 Å². The van der Waals surface area contributed by atoms with E-state index < -0.39 is 0 Å². The van der Waals surface area contributed by atoms with Crippen LogP contribution in [0.25, 0.3) is 11.3 Å². The first-order valence-corrected chi connectivity index (χ1v) is 8.97. The molecule has 4 rings (SSSR count). The van der Waals surface area contributed by atoms with Gasteiger partial charge in [0.25, 0.3) is 0 Å². The van der Waals surface area contributed by atoms with Crippen molar-refractivity contribution in [2.75, 3.05) is 62.8 Å². The monoisotopic (exact) mass is 361 g/mol. The molecule has 10 nitrogen and oxygen atoms in total. The molecule has 1 unspecified atom stereocenters. The van der Waals surface area contributed by atoms with Crippen molar-refractivity contribution >= 4 is 28.8 Å². The van der Waals surface area contributed by atoms with E-state index in [0.717, 1.165) is 44.4 Å². The number of morpholine rings is 1. The number of carbonyl (C=O) groups is 1. The molecule has 2 aliphatic heterocycles. The third-order valence-electron chi connectivity index (χ3n) is 4.96. The van der Waals surface area contributed by atoms with Crippen molar-refractivity contribution in [1.29, 1.82) is 0 Å². The van der Waals surface area contributed by atoms with Crippen LogP contribution < -0.4 is 9.80 Å². The van der Waals surface area contributed by atoms with E-state index >= 15 is 0 Å². The molecule has 0 aromatic carbocycles. The van der Waals surface area contributed by atoms with Gasteiger partial charge in [-0.05, 0) is 17.2 Å². The van der Waals surface area contributed by atoms with Crippen LogP contribution in [0.4, 0.5) is 11.6 Å². The Morgan fingerprint density at radius 1 is 1.19 bits per heavy atom. The highest BCUT2D eigenvalue weighted by atomic mass is 16.6. The zero-order valence-corrected chi connectivity index (χ0v) is 15.1. The second kappa shape index (κ2) is 7.02. The lowest BCUT2D eigenvalue weighted by molar-refractivity contribution is -0.127. The van der Waals surface area contributed by atoms with Crippen molar-refractivity contribution in [3.63, 3.8) is 0 Å². The van der Waals surface area contributed by atoms with Crippen LogP contribution in [0.1, 0.15) is 13.3 Å². The van der Waals surface area contributed by atoms with Gasteiger partial charge in [0.15, 0.2) is 11.6 Å². The average Bonchev–Trinajstić information content (AvgIpc) is 3.26. The lowest BCUT2D eigenvalue weighted by Crippen LogP contribution is -2.38. The third kappa shape index (κ3) is 3.16. The first-order valence-electron chi connectivity index (χ1n) is 8.97. The Morgan fingerprint density at radius 3 is 2.62 bits per heavy atom. The van der Waals surface area contributed by atoms with E-state index in [4.69, 9.17) is 9.37 Å². The SMILES string of the molecule is CCN1CC(CN(C)c2nc3nonc3nc2N2CCOCC2)CC1=O. The topological polar surface area (TPSA) is 101 Å². The van der Waals surface area contributed by atoms with Crippen LogP contribution in [0.2, 0.25) is 0 Å². The number of aromatic nitrogens is 4. The Labute approximate surface area is 151 Å². The number of rotatable bonds is 5. The summed E-state index contributed by atoms with van der Waals surface area (Å²) < 4.78 is 10.2. The van der Waals surface area contributed by atoms with Crippen LogP contribution >= 0.6 is 0 Å². The molecule has 4 heterocycles. The number of amides is 1. The fourth-order valence-corrected chi connectivity index (χ4v) is 3.62. The predicted molar refractivity (Wildman–Crippen MR) is 94.1 cm³/mol. The average molecular weight is 361 g/mol. The van der Waals surface area contributed by atoms with Gasteiger partial charge in [-0.2, -0.15) is 0 Å². The van der Waals surface area contributed by atoms with Gasteiger partial charge in [0, 0.05) is 52.1 Å². The van der Waals surface area contributed by atoms with E-state index in [1.54, 1.807) is 0 Å². The number of fused-ring (bicyclic) bond motifs is 1. The van der Waals surface area contributed by atoms with Crippen molar-refractivity contribution in [2.45, 2.75) is 13.3 Å². The lowest BCUT2D eigenvalue weighted by Gasteiger charge is -2.31. The highest BCUT2D eigenvalue weighted by molar-refractivity contribution is 5.79. The van der Waals surface area contributed by atoms with Gasteiger partial charge in [-0.15, -0.1) is 0 Å². The molecule has 2 fully saturated rings. The molecule has 0 saturated carbocycles. The van der Waals surface area contributed by atoms with E-state index in [2.05, 4.69) is 30.1 Å². The Hall–Kier alpha value is -2.49. The van der Waals surface area contributed by atoms with Gasteiger partial charge in [0.05, 0.1) is 13.2 Å². The Bertz CT molecular complexity index is 789. The summed E-state index contributed by atoms with van der Waals surface area (Å²) in [6, 6.07) is 0. The summed E-state index contributed by atoms with van der Waals surface area (Å²) in [6.07, 6.45) is 0.576. The first-order chi connectivity index (χ1) is 12.7.